The first-order valence-corrected chi connectivity index (χ1v) is 7.18. The highest BCUT2D eigenvalue weighted by Crippen LogP contribution is 2.47. The van der Waals surface area contributed by atoms with E-state index in [0.29, 0.717) is 11.6 Å². The Bertz CT molecular complexity index is 820. The average molecular weight is 341 g/mol. The molecule has 2 heterocycles. The number of rotatable bonds is 0. The number of alkyl halides is 3. The Morgan fingerprint density at radius 2 is 2.04 bits per heavy atom. The molecule has 1 aliphatic heterocycles. The van der Waals surface area contributed by atoms with E-state index in [0.717, 1.165) is 12.1 Å². The SMILES string of the molecule is O=C1Nc2ccc(F)cc2C(C#Cc2ccsc2)(C(F)(F)F)O1. The van der Waals surface area contributed by atoms with E-state index in [9.17, 15) is 22.4 Å². The molecule has 0 saturated carbocycles. The molecule has 0 radical (unpaired) electrons. The van der Waals surface area contributed by atoms with Gasteiger partial charge in [0.15, 0.2) is 0 Å². The van der Waals surface area contributed by atoms with Gasteiger partial charge in [0.2, 0.25) is 0 Å². The van der Waals surface area contributed by atoms with Crippen molar-refractivity contribution < 1.29 is 27.1 Å². The van der Waals surface area contributed by atoms with E-state index in [1.54, 1.807) is 10.8 Å². The predicted molar refractivity (Wildman–Crippen MR) is 75.4 cm³/mol. The highest BCUT2D eigenvalue weighted by Gasteiger charge is 2.62. The van der Waals surface area contributed by atoms with Crippen LogP contribution in [0.25, 0.3) is 0 Å². The second-order valence-electron chi connectivity index (χ2n) is 4.65. The standard InChI is InChI=1S/C15H7F4NO2S/c16-10-1-2-12-11(7-10)14(15(17,18)19,22-13(21)20-12)5-3-9-4-6-23-8-9/h1-2,4,6-8H,(H,20,21). The quantitative estimate of drug-likeness (QED) is 0.574. The number of fused-ring (bicyclic) bond motifs is 1. The van der Waals surface area contributed by atoms with Crippen molar-refractivity contribution in [1.82, 2.24) is 0 Å². The van der Waals surface area contributed by atoms with Crippen molar-refractivity contribution in [3.05, 3.63) is 52.0 Å². The van der Waals surface area contributed by atoms with Gasteiger partial charge >= 0.3 is 12.3 Å². The van der Waals surface area contributed by atoms with Gasteiger partial charge < -0.3 is 4.74 Å². The summed E-state index contributed by atoms with van der Waals surface area (Å²) in [7, 11) is 0. The van der Waals surface area contributed by atoms with Gasteiger partial charge in [0, 0.05) is 16.5 Å². The van der Waals surface area contributed by atoms with Gasteiger partial charge in [0.25, 0.3) is 5.60 Å². The van der Waals surface area contributed by atoms with E-state index < -0.39 is 29.3 Å². The average Bonchev–Trinajstić information content (AvgIpc) is 2.97. The van der Waals surface area contributed by atoms with E-state index >= 15 is 0 Å². The van der Waals surface area contributed by atoms with Crippen LogP contribution in [0.4, 0.5) is 28.0 Å². The summed E-state index contributed by atoms with van der Waals surface area (Å²) in [5.41, 5.74) is -3.67. The minimum atomic E-state index is -5.05. The Kier molecular flexibility index (Phi) is 3.53. The lowest BCUT2D eigenvalue weighted by Crippen LogP contribution is -2.49. The molecule has 1 aromatic carbocycles. The van der Waals surface area contributed by atoms with Gasteiger partial charge in [-0.25, -0.2) is 9.18 Å². The second kappa shape index (κ2) is 5.28. The van der Waals surface area contributed by atoms with E-state index in [-0.39, 0.29) is 5.69 Å². The minimum Gasteiger partial charge on any atom is -0.415 e. The number of cyclic esters (lactones) is 1. The van der Waals surface area contributed by atoms with E-state index in [4.69, 9.17) is 0 Å². The smallest absolute Gasteiger partial charge is 0.415 e. The summed E-state index contributed by atoms with van der Waals surface area (Å²) in [6.45, 7) is 0. The molecule has 1 aliphatic rings. The van der Waals surface area contributed by atoms with Gasteiger partial charge in [-0.3, -0.25) is 5.32 Å². The molecule has 1 aromatic heterocycles. The molecule has 1 unspecified atom stereocenters. The first-order valence-electron chi connectivity index (χ1n) is 6.24. The van der Waals surface area contributed by atoms with Crippen molar-refractivity contribution in [3.63, 3.8) is 0 Å². The number of carbonyl (C=O) groups is 1. The summed E-state index contributed by atoms with van der Waals surface area (Å²) < 4.78 is 59.0. The van der Waals surface area contributed by atoms with Crippen LogP contribution in [0, 0.1) is 17.7 Å². The normalized spacial score (nSPS) is 19.9. The topological polar surface area (TPSA) is 38.3 Å². The van der Waals surface area contributed by atoms with Gasteiger partial charge in [-0.2, -0.15) is 24.5 Å². The molecule has 8 heteroatoms. The zero-order chi connectivity index (χ0) is 16.7. The molecule has 3 rings (SSSR count). The van der Waals surface area contributed by atoms with Crippen molar-refractivity contribution in [1.29, 1.82) is 0 Å². The summed E-state index contributed by atoms with van der Waals surface area (Å²) in [4.78, 5) is 11.5. The summed E-state index contributed by atoms with van der Waals surface area (Å²) in [6, 6.07) is 4.16. The number of benzene rings is 1. The molecule has 0 aliphatic carbocycles. The molecule has 0 fully saturated rings. The first-order chi connectivity index (χ1) is 10.8. The molecular weight excluding hydrogens is 334 g/mol. The first kappa shape index (κ1) is 15.4. The molecule has 23 heavy (non-hydrogen) atoms. The third-order valence-corrected chi connectivity index (χ3v) is 3.83. The summed E-state index contributed by atoms with van der Waals surface area (Å²) in [5.74, 6) is 3.41. The van der Waals surface area contributed by atoms with Crippen LogP contribution in [0.2, 0.25) is 0 Å². The van der Waals surface area contributed by atoms with Crippen LogP contribution < -0.4 is 5.32 Å². The lowest BCUT2D eigenvalue weighted by molar-refractivity contribution is -0.239. The zero-order valence-electron chi connectivity index (χ0n) is 11.2. The molecule has 1 amide bonds. The van der Waals surface area contributed by atoms with Crippen LogP contribution in [0.15, 0.2) is 35.0 Å². The number of anilines is 1. The van der Waals surface area contributed by atoms with Crippen LogP contribution in [-0.2, 0) is 10.3 Å². The van der Waals surface area contributed by atoms with Gasteiger partial charge in [-0.15, -0.1) is 0 Å². The van der Waals surface area contributed by atoms with Gasteiger partial charge in [0.05, 0.1) is 5.69 Å². The fourth-order valence-electron chi connectivity index (χ4n) is 2.12. The highest BCUT2D eigenvalue weighted by atomic mass is 32.1. The molecule has 0 spiro atoms. The van der Waals surface area contributed by atoms with Gasteiger partial charge in [0.1, 0.15) is 5.82 Å². The number of ether oxygens (including phenoxy) is 1. The van der Waals surface area contributed by atoms with Crippen LogP contribution in [0.1, 0.15) is 11.1 Å². The fraction of sp³-hybridized carbons (Fsp3) is 0.133. The Balaban J connectivity index is 2.25. The van der Waals surface area contributed by atoms with E-state index in [1.165, 1.54) is 17.4 Å². The maximum Gasteiger partial charge on any atom is 0.445 e. The number of amides is 1. The summed E-state index contributed by atoms with van der Waals surface area (Å²) >= 11 is 1.26. The fourth-order valence-corrected chi connectivity index (χ4v) is 2.70. The van der Waals surface area contributed by atoms with Crippen LogP contribution in [-0.4, -0.2) is 12.3 Å². The highest BCUT2D eigenvalue weighted by molar-refractivity contribution is 7.08. The maximum atomic E-state index is 13.7. The molecule has 0 saturated heterocycles. The molecular formula is C15H7F4NO2S. The lowest BCUT2D eigenvalue weighted by atomic mass is 9.90. The number of hydrogen-bond donors (Lipinski definition) is 1. The monoisotopic (exact) mass is 341 g/mol. The second-order valence-corrected chi connectivity index (χ2v) is 5.43. The van der Waals surface area contributed by atoms with Crippen molar-refractivity contribution in [3.8, 4) is 11.8 Å². The third kappa shape index (κ3) is 2.64. The molecule has 0 bridgehead atoms. The number of carbonyl (C=O) groups excluding carboxylic acids is 1. The van der Waals surface area contributed by atoms with Crippen molar-refractivity contribution in [2.24, 2.45) is 0 Å². The molecule has 118 valence electrons. The Morgan fingerprint density at radius 1 is 1.26 bits per heavy atom. The third-order valence-electron chi connectivity index (χ3n) is 3.15. The number of hydrogen-bond acceptors (Lipinski definition) is 3. The predicted octanol–water partition coefficient (Wildman–Crippen LogP) is 4.26. The van der Waals surface area contributed by atoms with Crippen LogP contribution in [0.5, 0.6) is 0 Å². The van der Waals surface area contributed by atoms with Gasteiger partial charge in [-0.05, 0) is 35.6 Å². The van der Waals surface area contributed by atoms with E-state index in [2.05, 4.69) is 16.0 Å². The van der Waals surface area contributed by atoms with Crippen LogP contribution in [0.3, 0.4) is 0 Å². The zero-order valence-corrected chi connectivity index (χ0v) is 12.0. The molecule has 1 atom stereocenters. The van der Waals surface area contributed by atoms with Crippen molar-refractivity contribution >= 4 is 23.1 Å². The lowest BCUT2D eigenvalue weighted by Gasteiger charge is -2.35. The number of nitrogens with one attached hydrogen (secondary N) is 1. The largest absolute Gasteiger partial charge is 0.445 e. The number of halogens is 4. The number of thiophene rings is 1. The Labute approximate surface area is 131 Å². The van der Waals surface area contributed by atoms with Gasteiger partial charge in [-0.1, -0.05) is 5.92 Å². The van der Waals surface area contributed by atoms with Crippen molar-refractivity contribution in [2.45, 2.75) is 11.8 Å². The summed E-state index contributed by atoms with van der Waals surface area (Å²) in [6.07, 6.45) is -6.35. The molecule has 3 nitrogen and oxygen atoms in total. The molecule has 1 N–H and O–H groups in total. The maximum absolute atomic E-state index is 13.7. The Morgan fingerprint density at radius 3 is 2.70 bits per heavy atom. The summed E-state index contributed by atoms with van der Waals surface area (Å²) in [5, 5.41) is 5.31. The van der Waals surface area contributed by atoms with E-state index in [1.807, 2.05) is 5.92 Å². The minimum absolute atomic E-state index is 0.195. The molecule has 2 aromatic rings. The Hall–Kier alpha value is -2.53. The van der Waals surface area contributed by atoms with Crippen molar-refractivity contribution in [2.75, 3.05) is 5.32 Å². The van der Waals surface area contributed by atoms with Crippen LogP contribution >= 0.6 is 11.3 Å².